The summed E-state index contributed by atoms with van der Waals surface area (Å²) in [4.78, 5) is 37.7. The van der Waals surface area contributed by atoms with E-state index in [2.05, 4.69) is 117 Å². The summed E-state index contributed by atoms with van der Waals surface area (Å²) in [6, 6.07) is -0.888. The molecule has 0 fully saturated rings. The number of phosphoric acid groups is 1. The van der Waals surface area contributed by atoms with Crippen LogP contribution in [0.1, 0.15) is 265 Å². The summed E-state index contributed by atoms with van der Waals surface area (Å²) in [5.74, 6) is -0.596. The maximum Gasteiger partial charge on any atom is 0.472 e. The Balaban J connectivity index is 5.19. The Labute approximate surface area is 487 Å². The first-order valence-corrected chi connectivity index (χ1v) is 33.7. The van der Waals surface area contributed by atoms with Gasteiger partial charge in [-0.05, 0) is 102 Å². The fraction of sp³-hybridized carbons (Fsp3) is 0.710. The first-order valence-electron chi connectivity index (χ1n) is 32.2. The van der Waals surface area contributed by atoms with Crippen LogP contribution in [0.15, 0.2) is 109 Å². The Bertz CT molecular complexity index is 1720. The van der Waals surface area contributed by atoms with Crippen molar-refractivity contribution in [1.29, 1.82) is 0 Å². The average molecular weight is 1120 g/mol. The number of rotatable bonds is 57. The zero-order chi connectivity index (χ0) is 57.9. The molecule has 2 N–H and O–H groups in total. The molecule has 0 radical (unpaired) electrons. The normalized spacial score (nSPS) is 14.4. The van der Waals surface area contributed by atoms with Crippen LogP contribution in [0, 0.1) is 0 Å². The molecule has 0 rings (SSSR count). The molecule has 0 heterocycles. The monoisotopic (exact) mass is 1120 g/mol. The van der Waals surface area contributed by atoms with E-state index < -0.39 is 20.0 Å². The second kappa shape index (κ2) is 57.9. The van der Waals surface area contributed by atoms with Gasteiger partial charge < -0.3 is 19.4 Å². The highest BCUT2D eigenvalue weighted by Gasteiger charge is 2.30. The van der Waals surface area contributed by atoms with Crippen LogP contribution in [0.25, 0.3) is 0 Å². The van der Waals surface area contributed by atoms with E-state index in [9.17, 15) is 19.0 Å². The molecular formula is C69H122N2O7P+. The number of phosphoric ester groups is 1. The van der Waals surface area contributed by atoms with Crippen LogP contribution in [0.2, 0.25) is 0 Å². The van der Waals surface area contributed by atoms with Gasteiger partial charge in [0.05, 0.1) is 33.8 Å². The molecule has 0 spiro atoms. The lowest BCUT2D eigenvalue weighted by Gasteiger charge is -2.27. The number of allylic oxidation sites excluding steroid dienone is 17. The van der Waals surface area contributed by atoms with Crippen LogP contribution in [0.4, 0.5) is 0 Å². The van der Waals surface area contributed by atoms with Crippen molar-refractivity contribution >= 4 is 19.7 Å². The first kappa shape index (κ1) is 75.7. The molecule has 0 aliphatic heterocycles. The van der Waals surface area contributed by atoms with E-state index in [4.69, 9.17) is 13.8 Å². The molecule has 9 nitrogen and oxygen atoms in total. The fourth-order valence-corrected chi connectivity index (χ4v) is 9.49. The number of unbranched alkanes of at least 4 members (excludes halogenated alkanes) is 25. The standard InChI is InChI=1S/C69H121N2O7P/c1-7-10-13-16-19-22-25-28-29-30-31-32-33-34-35-36-37-38-39-40-41-44-47-50-53-56-59-62-69(73)78-67(60-57-54-51-48-45-42-26-23-20-17-14-11-8-2)66(65-77-79(74,75)76-64-63-71(4,5)6)70-68(72)61-58-55-52-49-46-43-27-24-21-18-15-12-9-3/h10,13,19,22,28-29,31-32,34-35,37-38,43,46,52,55,57,60,66-67H,7-9,11-12,14-18,20-21,23-27,30,33,36,39-42,44-45,47-51,53-54,56,58-59,61-65H2,1-6H3,(H-,70,72,74,75)/p+1/b13-10-,22-19-,29-28-,32-31-,35-34-,38-37-,46-43-,55-52+,60-57-. The highest BCUT2D eigenvalue weighted by molar-refractivity contribution is 7.47. The Morgan fingerprint density at radius 3 is 1.24 bits per heavy atom. The Hall–Kier alpha value is -3.33. The van der Waals surface area contributed by atoms with Crippen molar-refractivity contribution in [1.82, 2.24) is 5.32 Å². The maximum atomic E-state index is 13.5. The molecule has 3 unspecified atom stereocenters. The van der Waals surface area contributed by atoms with Crippen molar-refractivity contribution in [2.45, 2.75) is 277 Å². The van der Waals surface area contributed by atoms with Gasteiger partial charge in [0.15, 0.2) is 0 Å². The van der Waals surface area contributed by atoms with Gasteiger partial charge in [0.25, 0.3) is 0 Å². The smallest absolute Gasteiger partial charge is 0.456 e. The van der Waals surface area contributed by atoms with Gasteiger partial charge in [0, 0.05) is 12.8 Å². The third-order valence-electron chi connectivity index (χ3n) is 13.7. The van der Waals surface area contributed by atoms with Crippen LogP contribution < -0.4 is 5.32 Å². The molecule has 0 aromatic carbocycles. The number of carbonyl (C=O) groups excluding carboxylic acids is 2. The molecule has 1 amide bonds. The van der Waals surface area contributed by atoms with Crippen LogP contribution in [-0.4, -0.2) is 74.3 Å². The number of hydrogen-bond donors (Lipinski definition) is 2. The summed E-state index contributed by atoms with van der Waals surface area (Å²) in [6.07, 6.45) is 79.7. The largest absolute Gasteiger partial charge is 0.472 e. The van der Waals surface area contributed by atoms with Gasteiger partial charge in [0.1, 0.15) is 19.3 Å². The van der Waals surface area contributed by atoms with Gasteiger partial charge in [0.2, 0.25) is 5.91 Å². The quantitative estimate of drug-likeness (QED) is 0.0205. The zero-order valence-corrected chi connectivity index (χ0v) is 52.7. The van der Waals surface area contributed by atoms with Crippen LogP contribution >= 0.6 is 7.82 Å². The summed E-state index contributed by atoms with van der Waals surface area (Å²) < 4.78 is 30.7. The lowest BCUT2D eigenvalue weighted by Crippen LogP contribution is -2.47. The number of nitrogens with zero attached hydrogens (tertiary/aromatic N) is 1. The van der Waals surface area contributed by atoms with E-state index in [1.54, 1.807) is 0 Å². The Morgan fingerprint density at radius 1 is 0.456 bits per heavy atom. The number of ether oxygens (including phenoxy) is 1. The van der Waals surface area contributed by atoms with E-state index in [0.717, 1.165) is 103 Å². The second-order valence-electron chi connectivity index (χ2n) is 22.5. The fourth-order valence-electron chi connectivity index (χ4n) is 8.76. The number of carbonyl (C=O) groups is 2. The highest BCUT2D eigenvalue weighted by Crippen LogP contribution is 2.43. The zero-order valence-electron chi connectivity index (χ0n) is 51.8. The van der Waals surface area contributed by atoms with E-state index in [1.807, 2.05) is 39.4 Å². The SMILES string of the molecule is CC/C=C\C/C=C\C/C=C\C/C=C\C/C=C\C/C=C\CCCCCCCCCCC(=O)OC(/C=C\CCCCCCCCCCCCC)C(COP(=O)(O)OCC[N+](C)(C)C)NC(=O)CC/C=C/C/C=C\CCCCCCCC. The minimum atomic E-state index is -4.47. The van der Waals surface area contributed by atoms with Gasteiger partial charge in [-0.2, -0.15) is 0 Å². The number of likely N-dealkylation sites (N-methyl/N-ethyl adjacent to an activating group) is 1. The van der Waals surface area contributed by atoms with Crippen LogP contribution in [-0.2, 0) is 27.9 Å². The van der Waals surface area contributed by atoms with E-state index in [-0.39, 0.29) is 37.9 Å². The van der Waals surface area contributed by atoms with Gasteiger partial charge in [-0.15, -0.1) is 0 Å². The van der Waals surface area contributed by atoms with Crippen LogP contribution in [0.3, 0.4) is 0 Å². The van der Waals surface area contributed by atoms with E-state index in [1.165, 1.54) is 122 Å². The predicted molar refractivity (Wildman–Crippen MR) is 341 cm³/mol. The molecule has 454 valence electrons. The summed E-state index contributed by atoms with van der Waals surface area (Å²) >= 11 is 0. The minimum absolute atomic E-state index is 0.0250. The summed E-state index contributed by atoms with van der Waals surface area (Å²) in [7, 11) is 1.45. The molecule has 10 heteroatoms. The third-order valence-corrected chi connectivity index (χ3v) is 14.7. The van der Waals surface area contributed by atoms with Gasteiger partial charge in [-0.25, -0.2) is 4.57 Å². The predicted octanol–water partition coefficient (Wildman–Crippen LogP) is 20.1. The molecular weight excluding hydrogens is 1000 g/mol. The number of nitrogens with one attached hydrogen (secondary N) is 1. The topological polar surface area (TPSA) is 111 Å². The molecule has 0 bridgehead atoms. The molecule has 0 saturated carbocycles. The number of esters is 1. The third kappa shape index (κ3) is 59.1. The van der Waals surface area contributed by atoms with Gasteiger partial charge in [-0.1, -0.05) is 259 Å². The highest BCUT2D eigenvalue weighted by atomic mass is 31.2. The number of hydrogen-bond acceptors (Lipinski definition) is 6. The molecule has 0 aliphatic rings. The van der Waals surface area contributed by atoms with E-state index in [0.29, 0.717) is 17.4 Å². The lowest BCUT2D eigenvalue weighted by atomic mass is 10.0. The minimum Gasteiger partial charge on any atom is -0.456 e. The summed E-state index contributed by atoms with van der Waals surface area (Å²) in [5.41, 5.74) is 0. The maximum absolute atomic E-state index is 13.5. The average Bonchev–Trinajstić information content (AvgIpc) is 3.41. The van der Waals surface area contributed by atoms with Crippen molar-refractivity contribution < 1.29 is 37.3 Å². The van der Waals surface area contributed by atoms with Crippen molar-refractivity contribution in [3.05, 3.63) is 109 Å². The van der Waals surface area contributed by atoms with Crippen molar-refractivity contribution in [2.75, 3.05) is 40.9 Å². The van der Waals surface area contributed by atoms with Crippen molar-refractivity contribution in [3.63, 3.8) is 0 Å². The molecule has 0 aromatic rings. The van der Waals surface area contributed by atoms with Gasteiger partial charge >= 0.3 is 13.8 Å². The molecule has 3 atom stereocenters. The summed E-state index contributed by atoms with van der Waals surface area (Å²) in [5, 5.41) is 3.01. The second-order valence-corrected chi connectivity index (χ2v) is 24.0. The van der Waals surface area contributed by atoms with Crippen LogP contribution in [0.5, 0.6) is 0 Å². The number of quaternary nitrogens is 1. The van der Waals surface area contributed by atoms with Gasteiger partial charge in [-0.3, -0.25) is 18.6 Å². The lowest BCUT2D eigenvalue weighted by molar-refractivity contribution is -0.870. The van der Waals surface area contributed by atoms with Crippen molar-refractivity contribution in [2.24, 2.45) is 0 Å². The summed E-state index contributed by atoms with van der Waals surface area (Å²) in [6.45, 7) is 6.84. The number of amides is 1. The molecule has 0 saturated heterocycles. The molecule has 0 aromatic heterocycles. The van der Waals surface area contributed by atoms with Crippen molar-refractivity contribution in [3.8, 4) is 0 Å². The first-order chi connectivity index (χ1) is 38.4. The molecule has 79 heavy (non-hydrogen) atoms. The Morgan fingerprint density at radius 2 is 0.823 bits per heavy atom. The molecule has 0 aliphatic carbocycles. The Kier molecular flexibility index (Phi) is 55.4. The van der Waals surface area contributed by atoms with E-state index >= 15 is 0 Å².